The van der Waals surface area contributed by atoms with Crippen molar-refractivity contribution < 1.29 is 9.59 Å². The van der Waals surface area contributed by atoms with Crippen LogP contribution in [0.2, 0.25) is 0 Å². The summed E-state index contributed by atoms with van der Waals surface area (Å²) < 4.78 is 0. The fourth-order valence-corrected chi connectivity index (χ4v) is 5.28. The SMILES string of the molecule is CC(C)=C(c1ccc(C2C(=O)CCC2=O)cc1)c1cc2c(cc1C)C(C)(C)C=CC2(C)C. The van der Waals surface area contributed by atoms with Crippen molar-refractivity contribution in [3.8, 4) is 0 Å². The van der Waals surface area contributed by atoms with Crippen LogP contribution in [-0.4, -0.2) is 11.6 Å². The number of rotatable bonds is 3. The van der Waals surface area contributed by atoms with E-state index < -0.39 is 5.92 Å². The van der Waals surface area contributed by atoms with E-state index in [0.29, 0.717) is 12.8 Å². The summed E-state index contributed by atoms with van der Waals surface area (Å²) in [4.78, 5) is 24.4. The van der Waals surface area contributed by atoms with E-state index >= 15 is 0 Å². The minimum atomic E-state index is -0.570. The monoisotopic (exact) mass is 426 g/mol. The van der Waals surface area contributed by atoms with Gasteiger partial charge in [0.2, 0.25) is 0 Å². The Morgan fingerprint density at radius 3 is 1.81 bits per heavy atom. The Morgan fingerprint density at radius 1 is 0.812 bits per heavy atom. The number of aryl methyl sites for hydroxylation is 1. The number of Topliss-reactive ketones (excluding diaryl/α,β-unsaturated/α-hetero) is 2. The summed E-state index contributed by atoms with van der Waals surface area (Å²) in [5.41, 5.74) is 9.71. The van der Waals surface area contributed by atoms with Crippen LogP contribution in [0.4, 0.5) is 0 Å². The summed E-state index contributed by atoms with van der Waals surface area (Å²) in [5.74, 6) is -0.471. The number of ketones is 2. The van der Waals surface area contributed by atoms with Crippen LogP contribution >= 0.6 is 0 Å². The summed E-state index contributed by atoms with van der Waals surface area (Å²) in [5, 5.41) is 0. The van der Waals surface area contributed by atoms with Crippen molar-refractivity contribution >= 4 is 17.1 Å². The van der Waals surface area contributed by atoms with E-state index in [-0.39, 0.29) is 22.4 Å². The van der Waals surface area contributed by atoms with Gasteiger partial charge in [0.25, 0.3) is 0 Å². The van der Waals surface area contributed by atoms with E-state index in [2.05, 4.69) is 84.9 Å². The first-order valence-corrected chi connectivity index (χ1v) is 11.6. The van der Waals surface area contributed by atoms with Gasteiger partial charge in [0.1, 0.15) is 17.5 Å². The van der Waals surface area contributed by atoms with E-state index in [4.69, 9.17) is 0 Å². The summed E-state index contributed by atoms with van der Waals surface area (Å²) in [6.45, 7) is 15.6. The van der Waals surface area contributed by atoms with Crippen molar-refractivity contribution in [1.29, 1.82) is 0 Å². The van der Waals surface area contributed by atoms with Gasteiger partial charge in [-0.2, -0.15) is 0 Å². The fourth-order valence-electron chi connectivity index (χ4n) is 5.28. The molecule has 0 bridgehead atoms. The molecule has 2 heteroatoms. The van der Waals surface area contributed by atoms with Crippen LogP contribution in [0.15, 0.2) is 54.1 Å². The van der Waals surface area contributed by atoms with Gasteiger partial charge in [0.15, 0.2) is 0 Å². The molecule has 0 amide bonds. The van der Waals surface area contributed by atoms with Crippen molar-refractivity contribution in [2.45, 2.75) is 78.1 Å². The lowest BCUT2D eigenvalue weighted by Crippen LogP contribution is -2.29. The second-order valence-corrected chi connectivity index (χ2v) is 10.9. The third-order valence-electron chi connectivity index (χ3n) is 7.23. The van der Waals surface area contributed by atoms with Gasteiger partial charge in [-0.15, -0.1) is 0 Å². The molecule has 0 saturated heterocycles. The van der Waals surface area contributed by atoms with Gasteiger partial charge in [-0.1, -0.05) is 75.8 Å². The summed E-state index contributed by atoms with van der Waals surface area (Å²) in [6, 6.07) is 12.8. The van der Waals surface area contributed by atoms with Gasteiger partial charge in [-0.3, -0.25) is 9.59 Å². The molecule has 1 fully saturated rings. The third-order valence-corrected chi connectivity index (χ3v) is 7.23. The largest absolute Gasteiger partial charge is 0.299 e. The maximum Gasteiger partial charge on any atom is 0.148 e. The molecular formula is C30H34O2. The molecule has 0 aromatic heterocycles. The van der Waals surface area contributed by atoms with E-state index in [1.165, 1.54) is 33.4 Å². The molecule has 1 saturated carbocycles. The molecule has 4 rings (SSSR count). The highest BCUT2D eigenvalue weighted by molar-refractivity contribution is 6.13. The Hall–Kier alpha value is -2.74. The number of hydrogen-bond donors (Lipinski definition) is 0. The molecule has 0 N–H and O–H groups in total. The predicted molar refractivity (Wildman–Crippen MR) is 132 cm³/mol. The number of allylic oxidation sites excluding steroid dienone is 3. The first-order valence-electron chi connectivity index (χ1n) is 11.6. The van der Waals surface area contributed by atoms with Crippen molar-refractivity contribution in [3.63, 3.8) is 0 Å². The first kappa shape index (κ1) is 22.5. The molecule has 0 heterocycles. The van der Waals surface area contributed by atoms with Gasteiger partial charge in [0, 0.05) is 23.7 Å². The second-order valence-electron chi connectivity index (χ2n) is 10.9. The maximum atomic E-state index is 12.2. The van der Waals surface area contributed by atoms with Crippen LogP contribution in [0, 0.1) is 6.92 Å². The van der Waals surface area contributed by atoms with Crippen LogP contribution in [0.25, 0.3) is 5.57 Å². The molecule has 2 aliphatic rings. The molecule has 0 aliphatic heterocycles. The van der Waals surface area contributed by atoms with E-state index in [1.54, 1.807) is 0 Å². The molecule has 32 heavy (non-hydrogen) atoms. The van der Waals surface area contributed by atoms with Crippen LogP contribution in [-0.2, 0) is 20.4 Å². The number of fused-ring (bicyclic) bond motifs is 1. The van der Waals surface area contributed by atoms with Gasteiger partial charge in [-0.25, -0.2) is 0 Å². The Bertz CT molecular complexity index is 1150. The predicted octanol–water partition coefficient (Wildman–Crippen LogP) is 6.98. The number of carbonyl (C=O) groups excluding carboxylic acids is 2. The van der Waals surface area contributed by atoms with Crippen LogP contribution in [0.1, 0.15) is 93.7 Å². The highest BCUT2D eigenvalue weighted by Crippen LogP contribution is 2.44. The van der Waals surface area contributed by atoms with Gasteiger partial charge >= 0.3 is 0 Å². The van der Waals surface area contributed by atoms with E-state index in [0.717, 1.165) is 11.1 Å². The molecule has 0 unspecified atom stereocenters. The maximum absolute atomic E-state index is 12.2. The molecule has 2 aromatic rings. The van der Waals surface area contributed by atoms with Crippen molar-refractivity contribution in [3.05, 3.63) is 87.5 Å². The highest BCUT2D eigenvalue weighted by atomic mass is 16.2. The van der Waals surface area contributed by atoms with Crippen molar-refractivity contribution in [1.82, 2.24) is 0 Å². The van der Waals surface area contributed by atoms with Gasteiger partial charge < -0.3 is 0 Å². The molecule has 2 aliphatic carbocycles. The quantitative estimate of drug-likeness (QED) is 0.392. The van der Waals surface area contributed by atoms with Crippen molar-refractivity contribution in [2.24, 2.45) is 0 Å². The summed E-state index contributed by atoms with van der Waals surface area (Å²) >= 11 is 0. The lowest BCUT2D eigenvalue weighted by molar-refractivity contribution is -0.123. The number of carbonyl (C=O) groups is 2. The molecular weight excluding hydrogens is 392 g/mol. The lowest BCUT2D eigenvalue weighted by Gasteiger charge is -2.38. The minimum absolute atomic E-state index is 0.0152. The summed E-state index contributed by atoms with van der Waals surface area (Å²) in [6.07, 6.45) is 5.42. The zero-order valence-electron chi connectivity index (χ0n) is 20.4. The van der Waals surface area contributed by atoms with Crippen molar-refractivity contribution in [2.75, 3.05) is 0 Å². The zero-order valence-corrected chi connectivity index (χ0v) is 20.4. The molecule has 166 valence electrons. The summed E-state index contributed by atoms with van der Waals surface area (Å²) in [7, 11) is 0. The number of benzene rings is 2. The average molecular weight is 427 g/mol. The van der Waals surface area contributed by atoms with Crippen LogP contribution < -0.4 is 0 Å². The molecule has 0 atom stereocenters. The Kier molecular flexibility index (Phi) is 5.40. The van der Waals surface area contributed by atoms with E-state index in [1.807, 2.05) is 12.1 Å². The highest BCUT2D eigenvalue weighted by Gasteiger charge is 2.35. The van der Waals surface area contributed by atoms with Crippen LogP contribution in [0.5, 0.6) is 0 Å². The molecule has 2 nitrogen and oxygen atoms in total. The lowest BCUT2D eigenvalue weighted by atomic mass is 9.66. The van der Waals surface area contributed by atoms with Gasteiger partial charge in [-0.05, 0) is 65.8 Å². The molecule has 0 spiro atoms. The average Bonchev–Trinajstić information content (AvgIpc) is 3.05. The topological polar surface area (TPSA) is 34.1 Å². The second kappa shape index (κ2) is 7.69. The molecule has 2 aromatic carbocycles. The Balaban J connectivity index is 1.81. The standard InChI is InChI=1S/C30H34O2/c1-18(2)27(20-8-10-21(11-9-20)28-25(31)12-13-26(28)32)22-17-24-23(16-19(22)3)29(4,5)14-15-30(24,6)7/h8-11,14-17,28H,12-13H2,1-7H3. The zero-order chi connectivity index (χ0) is 23.4. The Morgan fingerprint density at radius 2 is 1.31 bits per heavy atom. The fraction of sp³-hybridized carbons (Fsp3) is 0.400. The van der Waals surface area contributed by atoms with Crippen LogP contribution in [0.3, 0.4) is 0 Å². The van der Waals surface area contributed by atoms with Gasteiger partial charge in [0.05, 0.1) is 0 Å². The first-order chi connectivity index (χ1) is 14.9. The minimum Gasteiger partial charge on any atom is -0.299 e. The third kappa shape index (κ3) is 3.70. The smallest absolute Gasteiger partial charge is 0.148 e. The number of hydrogen-bond acceptors (Lipinski definition) is 2. The Labute approximate surface area is 192 Å². The van der Waals surface area contributed by atoms with E-state index in [9.17, 15) is 9.59 Å². The molecule has 0 radical (unpaired) electrons. The normalized spacial score (nSPS) is 19.2.